The SMILES string of the molecule is C[C@]1(COC(F)F)CCc2c(-c3ccc(F)cc3F)cc(C(N)=O)nc2O1. The van der Waals surface area contributed by atoms with Gasteiger partial charge in [-0.15, -0.1) is 0 Å². The number of halogens is 4. The molecule has 0 saturated carbocycles. The van der Waals surface area contributed by atoms with E-state index in [2.05, 4.69) is 9.72 Å². The van der Waals surface area contributed by atoms with Crippen LogP contribution in [0.5, 0.6) is 5.88 Å². The van der Waals surface area contributed by atoms with Crippen LogP contribution in [0.25, 0.3) is 11.1 Å². The second-order valence-electron chi connectivity index (χ2n) is 6.45. The molecule has 27 heavy (non-hydrogen) atoms. The summed E-state index contributed by atoms with van der Waals surface area (Å²) in [5.74, 6) is -2.46. The lowest BCUT2D eigenvalue weighted by atomic mass is 9.89. The van der Waals surface area contributed by atoms with Crippen molar-refractivity contribution >= 4 is 5.91 Å². The van der Waals surface area contributed by atoms with E-state index in [-0.39, 0.29) is 22.7 Å². The first-order valence-electron chi connectivity index (χ1n) is 8.06. The minimum absolute atomic E-state index is 0.0170. The largest absolute Gasteiger partial charge is 0.469 e. The van der Waals surface area contributed by atoms with E-state index in [4.69, 9.17) is 10.5 Å². The molecule has 2 heterocycles. The summed E-state index contributed by atoms with van der Waals surface area (Å²) in [5, 5.41) is 0. The van der Waals surface area contributed by atoms with Gasteiger partial charge in [-0.25, -0.2) is 13.8 Å². The molecule has 1 aliphatic heterocycles. The van der Waals surface area contributed by atoms with Crippen molar-refractivity contribution in [2.45, 2.75) is 32.0 Å². The summed E-state index contributed by atoms with van der Waals surface area (Å²) >= 11 is 0. The molecule has 3 rings (SSSR count). The number of hydrogen-bond donors (Lipinski definition) is 1. The molecule has 1 aromatic carbocycles. The lowest BCUT2D eigenvalue weighted by molar-refractivity contribution is -0.164. The third-order valence-electron chi connectivity index (χ3n) is 4.32. The van der Waals surface area contributed by atoms with Crippen LogP contribution in [0.1, 0.15) is 29.4 Å². The van der Waals surface area contributed by atoms with Crippen LogP contribution in [0.2, 0.25) is 0 Å². The van der Waals surface area contributed by atoms with Crippen molar-refractivity contribution in [3.8, 4) is 17.0 Å². The fraction of sp³-hybridized carbons (Fsp3) is 0.333. The summed E-state index contributed by atoms with van der Waals surface area (Å²) in [7, 11) is 0. The molecular weight excluding hydrogens is 368 g/mol. The van der Waals surface area contributed by atoms with Crippen LogP contribution in [0.4, 0.5) is 17.6 Å². The lowest BCUT2D eigenvalue weighted by Gasteiger charge is -2.35. The zero-order chi connectivity index (χ0) is 19.8. The number of carbonyl (C=O) groups excluding carboxylic acids is 1. The minimum atomic E-state index is -2.96. The van der Waals surface area contributed by atoms with Crippen LogP contribution in [0, 0.1) is 11.6 Å². The Morgan fingerprint density at radius 3 is 2.70 bits per heavy atom. The Hall–Kier alpha value is -2.68. The third kappa shape index (κ3) is 4.02. The van der Waals surface area contributed by atoms with Gasteiger partial charge in [0, 0.05) is 17.2 Å². The van der Waals surface area contributed by atoms with E-state index in [9.17, 15) is 22.4 Å². The van der Waals surface area contributed by atoms with Crippen LogP contribution in [0.3, 0.4) is 0 Å². The van der Waals surface area contributed by atoms with Crippen molar-refractivity contribution in [2.75, 3.05) is 6.61 Å². The van der Waals surface area contributed by atoms with Gasteiger partial charge in [0.15, 0.2) is 0 Å². The fourth-order valence-corrected chi connectivity index (χ4v) is 2.96. The van der Waals surface area contributed by atoms with Crippen molar-refractivity contribution in [2.24, 2.45) is 5.73 Å². The molecule has 1 atom stereocenters. The number of nitrogens with zero attached hydrogens (tertiary/aromatic N) is 1. The van der Waals surface area contributed by atoms with Gasteiger partial charge < -0.3 is 15.2 Å². The number of aromatic nitrogens is 1. The van der Waals surface area contributed by atoms with E-state index < -0.39 is 36.4 Å². The highest BCUT2D eigenvalue weighted by molar-refractivity contribution is 5.93. The van der Waals surface area contributed by atoms with Gasteiger partial charge in [-0.3, -0.25) is 4.79 Å². The maximum absolute atomic E-state index is 14.3. The number of benzene rings is 1. The lowest BCUT2D eigenvalue weighted by Crippen LogP contribution is -2.42. The summed E-state index contributed by atoms with van der Waals surface area (Å²) in [6.45, 7) is -1.79. The van der Waals surface area contributed by atoms with Crippen LogP contribution >= 0.6 is 0 Å². The third-order valence-corrected chi connectivity index (χ3v) is 4.32. The van der Waals surface area contributed by atoms with E-state index in [0.717, 1.165) is 12.1 Å². The predicted octanol–water partition coefficient (Wildman–Crippen LogP) is 3.45. The fourth-order valence-electron chi connectivity index (χ4n) is 2.96. The zero-order valence-electron chi connectivity index (χ0n) is 14.3. The summed E-state index contributed by atoms with van der Waals surface area (Å²) in [4.78, 5) is 15.6. The van der Waals surface area contributed by atoms with Gasteiger partial charge in [0.05, 0.1) is 6.61 Å². The number of primary amides is 1. The molecule has 0 radical (unpaired) electrons. The summed E-state index contributed by atoms with van der Waals surface area (Å²) in [6, 6.07) is 4.34. The number of nitrogens with two attached hydrogens (primary N) is 1. The predicted molar refractivity (Wildman–Crippen MR) is 87.4 cm³/mol. The van der Waals surface area contributed by atoms with Crippen LogP contribution in [-0.4, -0.2) is 29.7 Å². The number of rotatable bonds is 5. The Kier molecular flexibility index (Phi) is 5.05. The average Bonchev–Trinajstić information content (AvgIpc) is 2.59. The first-order chi connectivity index (χ1) is 12.7. The number of carbonyl (C=O) groups is 1. The molecule has 1 aromatic heterocycles. The average molecular weight is 384 g/mol. The molecular formula is C18H16F4N2O3. The molecule has 0 saturated heterocycles. The first-order valence-corrected chi connectivity index (χ1v) is 8.06. The first kappa shape index (κ1) is 19.1. The van der Waals surface area contributed by atoms with Crippen molar-refractivity contribution in [3.63, 3.8) is 0 Å². The Morgan fingerprint density at radius 1 is 1.33 bits per heavy atom. The molecule has 0 spiro atoms. The number of fused-ring (bicyclic) bond motifs is 1. The quantitative estimate of drug-likeness (QED) is 0.802. The van der Waals surface area contributed by atoms with Gasteiger partial charge in [-0.1, -0.05) is 0 Å². The van der Waals surface area contributed by atoms with Crippen molar-refractivity contribution < 1.29 is 31.8 Å². The molecule has 0 fully saturated rings. The summed E-state index contributed by atoms with van der Waals surface area (Å²) in [5.41, 5.74) is 4.80. The normalized spacial score (nSPS) is 18.9. The number of hydrogen-bond acceptors (Lipinski definition) is 4. The van der Waals surface area contributed by atoms with E-state index in [0.29, 0.717) is 18.4 Å². The summed E-state index contributed by atoms with van der Waals surface area (Å²) < 4.78 is 62.3. The standard InChI is InChI=1S/C18H16F4N2O3/c1-18(8-26-17(21)22)5-4-11-12(10-3-2-9(19)6-13(10)20)7-14(15(23)25)24-16(11)27-18/h2-3,6-7,17H,4-5,8H2,1H3,(H2,23,25)/t18-/m1/s1. The highest BCUT2D eigenvalue weighted by Crippen LogP contribution is 2.39. The molecule has 2 aromatic rings. The number of amides is 1. The smallest absolute Gasteiger partial charge is 0.345 e. The summed E-state index contributed by atoms with van der Waals surface area (Å²) in [6.07, 6.45) is 0.594. The van der Waals surface area contributed by atoms with E-state index in [1.54, 1.807) is 6.92 Å². The van der Waals surface area contributed by atoms with Gasteiger partial charge in [0.1, 0.15) is 22.9 Å². The van der Waals surface area contributed by atoms with Crippen molar-refractivity contribution in [1.82, 2.24) is 4.98 Å². The van der Waals surface area contributed by atoms with Gasteiger partial charge in [-0.2, -0.15) is 8.78 Å². The molecule has 9 heteroatoms. The molecule has 0 bridgehead atoms. The maximum Gasteiger partial charge on any atom is 0.345 e. The Bertz CT molecular complexity index is 891. The van der Waals surface area contributed by atoms with Gasteiger partial charge >= 0.3 is 6.61 Å². The minimum Gasteiger partial charge on any atom is -0.469 e. The second kappa shape index (κ2) is 7.15. The van der Waals surface area contributed by atoms with Gasteiger partial charge in [0.25, 0.3) is 5.91 Å². The van der Waals surface area contributed by atoms with Gasteiger partial charge in [-0.05, 0) is 43.5 Å². The van der Waals surface area contributed by atoms with Crippen molar-refractivity contribution in [3.05, 3.63) is 47.2 Å². The monoisotopic (exact) mass is 384 g/mol. The Morgan fingerprint density at radius 2 is 2.07 bits per heavy atom. The molecule has 2 N–H and O–H groups in total. The molecule has 0 unspecified atom stereocenters. The second-order valence-corrected chi connectivity index (χ2v) is 6.45. The van der Waals surface area contributed by atoms with Crippen LogP contribution < -0.4 is 10.5 Å². The van der Waals surface area contributed by atoms with Crippen molar-refractivity contribution in [1.29, 1.82) is 0 Å². The highest BCUT2D eigenvalue weighted by atomic mass is 19.3. The highest BCUT2D eigenvalue weighted by Gasteiger charge is 2.36. The molecule has 1 amide bonds. The van der Waals surface area contributed by atoms with E-state index in [1.165, 1.54) is 12.1 Å². The molecule has 144 valence electrons. The van der Waals surface area contributed by atoms with E-state index in [1.807, 2.05) is 0 Å². The van der Waals surface area contributed by atoms with Crippen LogP contribution in [0.15, 0.2) is 24.3 Å². The molecule has 0 aliphatic carbocycles. The van der Waals surface area contributed by atoms with Crippen LogP contribution in [-0.2, 0) is 11.2 Å². The maximum atomic E-state index is 14.3. The molecule has 1 aliphatic rings. The number of ether oxygens (including phenoxy) is 2. The Balaban J connectivity index is 2.07. The van der Waals surface area contributed by atoms with Gasteiger partial charge in [0.2, 0.25) is 5.88 Å². The van der Waals surface area contributed by atoms with E-state index >= 15 is 0 Å². The number of pyridine rings is 1. The zero-order valence-corrected chi connectivity index (χ0v) is 14.3. The topological polar surface area (TPSA) is 74.4 Å². The Labute approximate surface area is 152 Å². The number of alkyl halides is 2. The molecule has 5 nitrogen and oxygen atoms in total.